The molecule has 0 fully saturated rings. The highest BCUT2D eigenvalue weighted by Crippen LogP contribution is 2.28. The van der Waals surface area contributed by atoms with E-state index in [0.717, 1.165) is 5.57 Å². The van der Waals surface area contributed by atoms with Gasteiger partial charge in [0.05, 0.1) is 6.61 Å². The Hall–Kier alpha value is 0.408. The van der Waals surface area contributed by atoms with E-state index in [0.29, 0.717) is 6.61 Å². The van der Waals surface area contributed by atoms with Crippen molar-refractivity contribution >= 4 is 34.0 Å². The van der Waals surface area contributed by atoms with Crippen LogP contribution in [0, 0.1) is 0 Å². The second kappa shape index (κ2) is 8.87. The third-order valence-electron chi connectivity index (χ3n) is 2.17. The van der Waals surface area contributed by atoms with E-state index in [4.69, 9.17) is 21.5 Å². The van der Waals surface area contributed by atoms with Crippen LogP contribution in [0.5, 0.6) is 0 Å². The Morgan fingerprint density at radius 2 is 1.12 bits per heavy atom. The van der Waals surface area contributed by atoms with Crippen molar-refractivity contribution in [2.75, 3.05) is 6.61 Å². The van der Waals surface area contributed by atoms with Crippen LogP contribution in [0.1, 0.15) is 13.8 Å². The maximum absolute atomic E-state index is 6.43. The lowest BCUT2D eigenvalue weighted by Gasteiger charge is -2.41. The maximum Gasteiger partial charge on any atom is 0.649 e. The van der Waals surface area contributed by atoms with Gasteiger partial charge in [-0.3, -0.25) is 0 Å². The second-order valence-corrected chi connectivity index (χ2v) is 25.5. The largest absolute Gasteiger partial charge is 0.649 e. The Balaban J connectivity index is 5.56. The molecule has 24 heavy (non-hydrogen) atoms. The lowest BCUT2D eigenvalue weighted by atomic mass is 10.4. The number of hydrogen-bond donors (Lipinski definition) is 0. The first-order valence-electron chi connectivity index (χ1n) is 8.47. The van der Waals surface area contributed by atoms with Gasteiger partial charge >= 0.3 is 9.05 Å². The Morgan fingerprint density at radius 3 is 1.38 bits per heavy atom. The van der Waals surface area contributed by atoms with Gasteiger partial charge in [0.25, 0.3) is 0 Å². The van der Waals surface area contributed by atoms with Gasteiger partial charge in [-0.05, 0) is 72.8 Å². The molecule has 0 amide bonds. The van der Waals surface area contributed by atoms with Crippen molar-refractivity contribution < 1.29 is 21.5 Å². The van der Waals surface area contributed by atoms with Crippen LogP contribution in [0.15, 0.2) is 12.2 Å². The molecule has 0 aliphatic carbocycles. The highest BCUT2D eigenvalue weighted by atomic mass is 28.5. The van der Waals surface area contributed by atoms with E-state index in [-0.39, 0.29) is 0 Å². The summed E-state index contributed by atoms with van der Waals surface area (Å²) < 4.78 is 31.3. The van der Waals surface area contributed by atoms with Crippen molar-refractivity contribution in [1.82, 2.24) is 0 Å². The van der Waals surface area contributed by atoms with Crippen molar-refractivity contribution in [3.8, 4) is 0 Å². The molecule has 0 rings (SSSR count). The number of ether oxygens (including phenoxy) is 1. The first-order valence-corrected chi connectivity index (χ1v) is 20.3. The molecule has 0 aromatic carbocycles. The predicted octanol–water partition coefficient (Wildman–Crippen LogP) is 4.93. The van der Waals surface area contributed by atoms with Crippen molar-refractivity contribution in [1.29, 1.82) is 0 Å². The molecule has 0 aromatic rings. The number of rotatable bonds is 11. The van der Waals surface area contributed by atoms with E-state index < -0.39 is 40.3 Å². The molecule has 144 valence electrons. The van der Waals surface area contributed by atoms with E-state index in [1.54, 1.807) is 0 Å². The van der Waals surface area contributed by atoms with E-state index in [1.807, 2.05) is 13.8 Å². The summed E-state index contributed by atoms with van der Waals surface area (Å²) in [5.41, 5.74) is 0.945. The van der Waals surface area contributed by atoms with E-state index >= 15 is 0 Å². The summed E-state index contributed by atoms with van der Waals surface area (Å²) in [4.78, 5) is 0. The fraction of sp³-hybridized carbons (Fsp3) is 0.867. The highest BCUT2D eigenvalue weighted by Gasteiger charge is 2.54. The van der Waals surface area contributed by atoms with Gasteiger partial charge in [-0.25, -0.2) is 0 Å². The van der Waals surface area contributed by atoms with Gasteiger partial charge in [0.1, 0.15) is 0 Å². The molecule has 5 nitrogen and oxygen atoms in total. The van der Waals surface area contributed by atoms with Crippen LogP contribution in [-0.2, 0) is 21.5 Å². The van der Waals surface area contributed by atoms with Crippen molar-refractivity contribution in [2.24, 2.45) is 0 Å². The molecule has 0 aliphatic rings. The highest BCUT2D eigenvalue weighted by molar-refractivity contribution is 6.87. The van der Waals surface area contributed by atoms with Gasteiger partial charge in [0.2, 0.25) is 0 Å². The fourth-order valence-electron chi connectivity index (χ4n) is 1.76. The van der Waals surface area contributed by atoms with Gasteiger partial charge in [-0.15, -0.1) is 0 Å². The van der Waals surface area contributed by atoms with Crippen LogP contribution in [0.2, 0.25) is 58.9 Å². The lowest BCUT2D eigenvalue weighted by molar-refractivity contribution is -0.104. The van der Waals surface area contributed by atoms with Crippen molar-refractivity contribution in [3.63, 3.8) is 0 Å². The minimum atomic E-state index is -3.31. The van der Waals surface area contributed by atoms with Gasteiger partial charge in [-0.1, -0.05) is 12.2 Å². The lowest BCUT2D eigenvalue weighted by Crippen LogP contribution is -2.63. The van der Waals surface area contributed by atoms with Gasteiger partial charge in [0, 0.05) is 0 Å². The Bertz CT molecular complexity index is 369. The summed E-state index contributed by atoms with van der Waals surface area (Å²) in [6.45, 7) is 27.2. The van der Waals surface area contributed by atoms with Crippen molar-refractivity contribution in [3.05, 3.63) is 12.2 Å². The topological polar surface area (TPSA) is 46.2 Å². The standard InChI is InChI=1S/C15H38O5Si4/c1-14(2)13-16-15(3)17-24(18-21(4,5)6,19-22(7,8)9)20-23(10,11)12/h15H,1,13H2,2-12H3. The summed E-state index contributed by atoms with van der Waals surface area (Å²) in [7, 11) is -9.14. The third-order valence-corrected chi connectivity index (χ3v) is 13.1. The van der Waals surface area contributed by atoms with E-state index in [2.05, 4.69) is 65.5 Å². The summed E-state index contributed by atoms with van der Waals surface area (Å²) in [6.07, 6.45) is -0.475. The smallest absolute Gasteiger partial charge is 0.395 e. The molecule has 0 radical (unpaired) electrons. The Kier molecular flexibility index (Phi) is 9.02. The molecular weight excluding hydrogens is 373 g/mol. The average molecular weight is 411 g/mol. The quantitative estimate of drug-likeness (QED) is 0.274. The minimum Gasteiger partial charge on any atom is -0.395 e. The van der Waals surface area contributed by atoms with Crippen LogP contribution >= 0.6 is 0 Å². The molecule has 0 saturated carbocycles. The molecule has 0 heterocycles. The van der Waals surface area contributed by atoms with Crippen LogP contribution in [0.3, 0.4) is 0 Å². The Morgan fingerprint density at radius 1 is 0.792 bits per heavy atom. The monoisotopic (exact) mass is 410 g/mol. The summed E-state index contributed by atoms with van der Waals surface area (Å²) in [5, 5.41) is 0. The SMILES string of the molecule is C=C(C)COC(C)O[Si](O[Si](C)(C)C)(O[Si](C)(C)C)O[Si](C)(C)C. The van der Waals surface area contributed by atoms with Crippen LogP contribution < -0.4 is 0 Å². The molecule has 0 saturated heterocycles. The first kappa shape index (κ1) is 24.4. The number of hydrogen-bond acceptors (Lipinski definition) is 5. The molecule has 0 aromatic heterocycles. The van der Waals surface area contributed by atoms with Crippen molar-refractivity contribution in [2.45, 2.75) is 79.1 Å². The molecule has 0 N–H and O–H groups in total. The van der Waals surface area contributed by atoms with E-state index in [9.17, 15) is 0 Å². The Labute approximate surface area is 153 Å². The third kappa shape index (κ3) is 12.7. The molecule has 9 heteroatoms. The normalized spacial score (nSPS) is 15.5. The molecule has 0 bridgehead atoms. The molecule has 0 spiro atoms. The zero-order chi connectivity index (χ0) is 19.4. The summed E-state index contributed by atoms with van der Waals surface area (Å²) in [6, 6.07) is 0. The fourth-order valence-corrected chi connectivity index (χ4v) is 13.4. The second-order valence-electron chi connectivity index (χ2n) is 9.10. The molecule has 1 unspecified atom stereocenters. The molecule has 1 atom stereocenters. The van der Waals surface area contributed by atoms with Crippen LogP contribution in [-0.4, -0.2) is 46.9 Å². The molecule has 0 aliphatic heterocycles. The molecular formula is C15H38O5Si4. The zero-order valence-electron chi connectivity index (χ0n) is 17.5. The minimum absolute atomic E-state index is 0.443. The average Bonchev–Trinajstić information content (AvgIpc) is 2.17. The predicted molar refractivity (Wildman–Crippen MR) is 110 cm³/mol. The zero-order valence-corrected chi connectivity index (χ0v) is 21.5. The maximum atomic E-state index is 6.43. The summed E-state index contributed by atoms with van der Waals surface area (Å²) in [5.74, 6) is 0. The van der Waals surface area contributed by atoms with Crippen LogP contribution in [0.25, 0.3) is 0 Å². The van der Waals surface area contributed by atoms with E-state index in [1.165, 1.54) is 0 Å². The van der Waals surface area contributed by atoms with Crippen LogP contribution in [0.4, 0.5) is 0 Å². The van der Waals surface area contributed by atoms with Gasteiger partial charge in [-0.2, -0.15) is 0 Å². The first-order chi connectivity index (χ1) is 10.4. The van der Waals surface area contributed by atoms with Gasteiger partial charge < -0.3 is 21.5 Å². The van der Waals surface area contributed by atoms with Gasteiger partial charge in [0.15, 0.2) is 31.2 Å². The summed E-state index contributed by atoms with van der Waals surface area (Å²) >= 11 is 0.